The van der Waals surface area contributed by atoms with Gasteiger partial charge in [0.2, 0.25) is 0 Å². The normalized spacial score (nSPS) is 10.4. The number of nitrogens with zero attached hydrogens (tertiary/aromatic N) is 4. The molecule has 0 atom stereocenters. The van der Waals surface area contributed by atoms with Gasteiger partial charge in [-0.15, -0.1) is 5.10 Å². The Balaban J connectivity index is 1.54. The van der Waals surface area contributed by atoms with Crippen molar-refractivity contribution < 1.29 is 19.1 Å². The molecule has 156 valence electrons. The van der Waals surface area contributed by atoms with Crippen molar-refractivity contribution in [1.82, 2.24) is 25.5 Å². The number of rotatable bonds is 7. The topological polar surface area (TPSA) is 120 Å². The first kappa shape index (κ1) is 20.8. The van der Waals surface area contributed by atoms with Crippen LogP contribution in [0.2, 0.25) is 0 Å². The highest BCUT2D eigenvalue weighted by molar-refractivity contribution is 6.39. The minimum Gasteiger partial charge on any atom is -0.493 e. The molecule has 2 aromatic carbocycles. The fraction of sp³-hybridized carbons (Fsp3) is 0.250. The summed E-state index contributed by atoms with van der Waals surface area (Å²) in [6.07, 6.45) is 0.535. The maximum absolute atomic E-state index is 12.2. The highest BCUT2D eigenvalue weighted by Gasteiger charge is 2.14. The number of anilines is 1. The van der Waals surface area contributed by atoms with Gasteiger partial charge in [0.25, 0.3) is 0 Å². The minimum atomic E-state index is -0.757. The van der Waals surface area contributed by atoms with Gasteiger partial charge in [-0.05, 0) is 59.7 Å². The minimum absolute atomic E-state index is 0.297. The fourth-order valence-electron chi connectivity index (χ4n) is 2.81. The molecule has 0 aliphatic heterocycles. The third kappa shape index (κ3) is 4.90. The second kappa shape index (κ2) is 9.50. The third-order valence-electron chi connectivity index (χ3n) is 4.33. The van der Waals surface area contributed by atoms with Crippen LogP contribution in [0.5, 0.6) is 11.5 Å². The molecule has 0 fully saturated rings. The number of nitrogens with one attached hydrogen (secondary N) is 2. The van der Waals surface area contributed by atoms with Gasteiger partial charge in [0, 0.05) is 12.2 Å². The van der Waals surface area contributed by atoms with Crippen molar-refractivity contribution in [2.45, 2.75) is 13.3 Å². The lowest BCUT2D eigenvalue weighted by molar-refractivity contribution is -0.136. The number of carbonyl (C=O) groups excluding carboxylic acids is 2. The Morgan fingerprint density at radius 2 is 1.83 bits per heavy atom. The number of ether oxygens (including phenoxy) is 2. The molecule has 30 heavy (non-hydrogen) atoms. The molecule has 0 unspecified atom stereocenters. The quantitative estimate of drug-likeness (QED) is 0.563. The molecule has 1 heterocycles. The molecule has 3 aromatic rings. The van der Waals surface area contributed by atoms with Crippen LogP contribution >= 0.6 is 0 Å². The summed E-state index contributed by atoms with van der Waals surface area (Å²) in [5, 5.41) is 16.5. The van der Waals surface area contributed by atoms with Crippen molar-refractivity contribution in [2.75, 3.05) is 26.1 Å². The zero-order chi connectivity index (χ0) is 21.5. The van der Waals surface area contributed by atoms with Gasteiger partial charge in [-0.2, -0.15) is 4.68 Å². The second-order valence-electron chi connectivity index (χ2n) is 6.34. The van der Waals surface area contributed by atoms with E-state index < -0.39 is 11.8 Å². The summed E-state index contributed by atoms with van der Waals surface area (Å²) in [7, 11) is 3.12. The first-order valence-electron chi connectivity index (χ1n) is 9.17. The summed E-state index contributed by atoms with van der Waals surface area (Å²) in [5.74, 6) is 0.360. The zero-order valence-electron chi connectivity index (χ0n) is 16.9. The lowest BCUT2D eigenvalue weighted by Crippen LogP contribution is -2.36. The van der Waals surface area contributed by atoms with E-state index in [-0.39, 0.29) is 0 Å². The maximum Gasteiger partial charge on any atom is 0.313 e. The molecule has 2 N–H and O–H groups in total. The van der Waals surface area contributed by atoms with E-state index in [0.717, 1.165) is 5.56 Å². The molecule has 0 aliphatic carbocycles. The number of methoxy groups -OCH3 is 2. The molecule has 0 saturated carbocycles. The van der Waals surface area contributed by atoms with Crippen molar-refractivity contribution in [3.63, 3.8) is 0 Å². The average Bonchev–Trinajstić information content (AvgIpc) is 3.19. The van der Waals surface area contributed by atoms with Gasteiger partial charge < -0.3 is 20.1 Å². The molecule has 0 spiro atoms. The van der Waals surface area contributed by atoms with Crippen molar-refractivity contribution in [1.29, 1.82) is 0 Å². The van der Waals surface area contributed by atoms with Crippen molar-refractivity contribution in [3.05, 3.63) is 53.9 Å². The van der Waals surface area contributed by atoms with Crippen LogP contribution in [0.4, 0.5) is 5.69 Å². The van der Waals surface area contributed by atoms with Crippen molar-refractivity contribution in [2.24, 2.45) is 0 Å². The van der Waals surface area contributed by atoms with Crippen LogP contribution in [0, 0.1) is 6.92 Å². The Morgan fingerprint density at radius 1 is 1.03 bits per heavy atom. The first-order valence-corrected chi connectivity index (χ1v) is 9.17. The van der Waals surface area contributed by atoms with Gasteiger partial charge in [-0.25, -0.2) is 0 Å². The maximum atomic E-state index is 12.2. The summed E-state index contributed by atoms with van der Waals surface area (Å²) < 4.78 is 12.0. The first-order chi connectivity index (χ1) is 14.5. The predicted octanol–water partition coefficient (Wildman–Crippen LogP) is 1.29. The Hall–Kier alpha value is -3.95. The number of aryl methyl sites for hydroxylation is 1. The Morgan fingerprint density at radius 3 is 2.53 bits per heavy atom. The van der Waals surface area contributed by atoms with E-state index in [2.05, 4.69) is 26.2 Å². The van der Waals surface area contributed by atoms with Crippen LogP contribution in [0.25, 0.3) is 5.69 Å². The van der Waals surface area contributed by atoms with Crippen LogP contribution in [-0.2, 0) is 16.0 Å². The van der Waals surface area contributed by atoms with Gasteiger partial charge in [-0.1, -0.05) is 12.1 Å². The van der Waals surface area contributed by atoms with Crippen LogP contribution in [0.15, 0.2) is 42.5 Å². The van der Waals surface area contributed by atoms with Gasteiger partial charge in [0.1, 0.15) is 0 Å². The Bertz CT molecular complexity index is 1050. The molecule has 0 radical (unpaired) electrons. The summed E-state index contributed by atoms with van der Waals surface area (Å²) in [6.45, 7) is 2.06. The smallest absolute Gasteiger partial charge is 0.313 e. The van der Waals surface area contributed by atoms with Gasteiger partial charge in [0.05, 0.1) is 19.9 Å². The molecule has 10 nitrogen and oxygen atoms in total. The number of benzene rings is 2. The van der Waals surface area contributed by atoms with Crippen molar-refractivity contribution in [3.8, 4) is 17.2 Å². The predicted molar refractivity (Wildman–Crippen MR) is 109 cm³/mol. The van der Waals surface area contributed by atoms with Crippen LogP contribution in [0.3, 0.4) is 0 Å². The summed E-state index contributed by atoms with van der Waals surface area (Å²) in [5.41, 5.74) is 2.07. The molecule has 3 rings (SSSR count). The van der Waals surface area contributed by atoms with Gasteiger partial charge in [-0.3, -0.25) is 9.59 Å². The average molecular weight is 410 g/mol. The largest absolute Gasteiger partial charge is 0.493 e. The van der Waals surface area contributed by atoms with Crippen LogP contribution in [0.1, 0.15) is 11.4 Å². The number of aromatic nitrogens is 4. The second-order valence-corrected chi connectivity index (χ2v) is 6.34. The molecule has 0 saturated heterocycles. The standard InChI is InChI=1S/C20H22N6O4/c1-13-23-24-25-26(13)16-6-4-5-15(12-16)22-20(28)19(27)21-10-9-14-7-8-17(29-2)18(11-14)30-3/h4-8,11-12H,9-10H2,1-3H3,(H,21,27)(H,22,28). The summed E-state index contributed by atoms with van der Waals surface area (Å²) in [4.78, 5) is 24.3. The highest BCUT2D eigenvalue weighted by Crippen LogP contribution is 2.27. The molecule has 0 aliphatic rings. The zero-order valence-corrected chi connectivity index (χ0v) is 16.9. The van der Waals surface area contributed by atoms with Gasteiger partial charge >= 0.3 is 11.8 Å². The SMILES string of the molecule is COc1ccc(CCNC(=O)C(=O)Nc2cccc(-n3nnnc3C)c2)cc1OC. The van der Waals surface area contributed by atoms with E-state index in [1.165, 1.54) is 4.68 Å². The number of hydrogen-bond donors (Lipinski definition) is 2. The third-order valence-corrected chi connectivity index (χ3v) is 4.33. The van der Waals surface area contributed by atoms with E-state index in [0.29, 0.717) is 41.7 Å². The van der Waals surface area contributed by atoms with Crippen molar-refractivity contribution >= 4 is 17.5 Å². The molecule has 1 aromatic heterocycles. The highest BCUT2D eigenvalue weighted by atomic mass is 16.5. The monoisotopic (exact) mass is 410 g/mol. The summed E-state index contributed by atoms with van der Waals surface area (Å²) in [6, 6.07) is 12.4. The number of hydrogen-bond acceptors (Lipinski definition) is 7. The van der Waals surface area contributed by atoms with E-state index in [1.807, 2.05) is 12.1 Å². The van der Waals surface area contributed by atoms with Crippen LogP contribution in [-0.4, -0.2) is 52.8 Å². The molecule has 0 bridgehead atoms. The number of tetrazole rings is 1. The Labute approximate surface area is 173 Å². The van der Waals surface area contributed by atoms with E-state index in [1.54, 1.807) is 51.5 Å². The molecular weight excluding hydrogens is 388 g/mol. The molecular formula is C20H22N6O4. The van der Waals surface area contributed by atoms with E-state index in [4.69, 9.17) is 9.47 Å². The lowest BCUT2D eigenvalue weighted by atomic mass is 10.1. The Kier molecular flexibility index (Phi) is 6.58. The number of carbonyl (C=O) groups is 2. The summed E-state index contributed by atoms with van der Waals surface area (Å²) >= 11 is 0. The van der Waals surface area contributed by atoms with E-state index in [9.17, 15) is 9.59 Å². The van der Waals surface area contributed by atoms with Gasteiger partial charge in [0.15, 0.2) is 17.3 Å². The van der Waals surface area contributed by atoms with Crippen LogP contribution < -0.4 is 20.1 Å². The lowest BCUT2D eigenvalue weighted by Gasteiger charge is -2.10. The fourth-order valence-corrected chi connectivity index (χ4v) is 2.81. The molecule has 2 amide bonds. The van der Waals surface area contributed by atoms with E-state index >= 15 is 0 Å². The number of amides is 2. The molecule has 10 heteroatoms.